The Hall–Kier alpha value is -2.81. The van der Waals surface area contributed by atoms with E-state index in [1.165, 1.54) is 0 Å². The third-order valence-electron chi connectivity index (χ3n) is 3.16. The Bertz CT molecular complexity index is 725. The van der Waals surface area contributed by atoms with Crippen LogP contribution >= 0.6 is 0 Å². The largest absolute Gasteiger partial charge is 0.478 e. The highest BCUT2D eigenvalue weighted by atomic mass is 16.4. The van der Waals surface area contributed by atoms with Gasteiger partial charge in [-0.05, 0) is 29.3 Å². The van der Waals surface area contributed by atoms with E-state index in [1.807, 2.05) is 48.5 Å². The highest BCUT2D eigenvalue weighted by molar-refractivity contribution is 5.96. The van der Waals surface area contributed by atoms with Crippen LogP contribution in [0.5, 0.6) is 0 Å². The fraction of sp³-hybridized carbons (Fsp3) is 0. The summed E-state index contributed by atoms with van der Waals surface area (Å²) in [6, 6.07) is 18.4. The van der Waals surface area contributed by atoms with Gasteiger partial charge in [0.1, 0.15) is 5.76 Å². The number of aromatic carboxylic acids is 1. The van der Waals surface area contributed by atoms with Crippen molar-refractivity contribution in [2.45, 2.75) is 0 Å². The summed E-state index contributed by atoms with van der Waals surface area (Å²) in [5.41, 5.74) is 2.86. The van der Waals surface area contributed by atoms with Crippen molar-refractivity contribution in [2.75, 3.05) is 0 Å². The first-order chi connectivity index (χ1) is 9.75. The van der Waals surface area contributed by atoms with Crippen molar-refractivity contribution in [1.29, 1.82) is 0 Å². The molecule has 20 heavy (non-hydrogen) atoms. The second kappa shape index (κ2) is 5.05. The number of furan rings is 1. The zero-order valence-corrected chi connectivity index (χ0v) is 10.6. The molecule has 1 heterocycles. The van der Waals surface area contributed by atoms with Crippen LogP contribution in [0.25, 0.3) is 22.5 Å². The predicted molar refractivity (Wildman–Crippen MR) is 76.5 cm³/mol. The van der Waals surface area contributed by atoms with Gasteiger partial charge in [-0.25, -0.2) is 4.79 Å². The Morgan fingerprint density at radius 1 is 0.850 bits per heavy atom. The van der Waals surface area contributed by atoms with E-state index in [9.17, 15) is 9.90 Å². The molecule has 0 aliphatic carbocycles. The maximum atomic E-state index is 11.2. The van der Waals surface area contributed by atoms with Crippen molar-refractivity contribution in [3.8, 4) is 22.5 Å². The summed E-state index contributed by atoms with van der Waals surface area (Å²) < 4.78 is 5.33. The molecule has 1 N–H and O–H groups in total. The lowest BCUT2D eigenvalue weighted by Crippen LogP contribution is -1.98. The number of benzene rings is 2. The molecule has 1 aromatic heterocycles. The first kappa shape index (κ1) is 12.2. The molecule has 0 atom stereocenters. The van der Waals surface area contributed by atoms with Gasteiger partial charge >= 0.3 is 5.97 Å². The van der Waals surface area contributed by atoms with Crippen LogP contribution in [0.3, 0.4) is 0 Å². The van der Waals surface area contributed by atoms with Gasteiger partial charge in [0.2, 0.25) is 0 Å². The van der Waals surface area contributed by atoms with E-state index in [2.05, 4.69) is 0 Å². The van der Waals surface area contributed by atoms with Crippen LogP contribution in [0.15, 0.2) is 71.3 Å². The van der Waals surface area contributed by atoms with Gasteiger partial charge in [0.05, 0.1) is 11.8 Å². The van der Waals surface area contributed by atoms with Crippen molar-refractivity contribution < 1.29 is 14.3 Å². The number of rotatable bonds is 3. The van der Waals surface area contributed by atoms with Gasteiger partial charge in [-0.1, -0.05) is 42.5 Å². The quantitative estimate of drug-likeness (QED) is 0.766. The Kier molecular flexibility index (Phi) is 3.09. The van der Waals surface area contributed by atoms with Crippen molar-refractivity contribution >= 4 is 5.97 Å². The fourth-order valence-electron chi connectivity index (χ4n) is 2.18. The zero-order valence-electron chi connectivity index (χ0n) is 10.6. The molecule has 3 rings (SSSR count). The van der Waals surface area contributed by atoms with E-state index >= 15 is 0 Å². The van der Waals surface area contributed by atoms with Crippen molar-refractivity contribution in [2.24, 2.45) is 0 Å². The molecule has 0 amide bonds. The van der Waals surface area contributed by atoms with Crippen LogP contribution in [0.2, 0.25) is 0 Å². The summed E-state index contributed by atoms with van der Waals surface area (Å²) >= 11 is 0. The maximum Gasteiger partial charge on any atom is 0.336 e. The van der Waals surface area contributed by atoms with E-state index in [0.29, 0.717) is 11.1 Å². The second-order valence-corrected chi connectivity index (χ2v) is 4.41. The van der Waals surface area contributed by atoms with Crippen LogP contribution in [0, 0.1) is 0 Å². The Labute approximate surface area is 116 Å². The Balaban J connectivity index is 2.02. The SMILES string of the molecule is O=C(O)c1ccccc1-c1ccc(-c2ccco2)cc1. The normalized spacial score (nSPS) is 10.4. The molecular weight excluding hydrogens is 252 g/mol. The number of hydrogen-bond acceptors (Lipinski definition) is 2. The molecule has 0 saturated carbocycles. The summed E-state index contributed by atoms with van der Waals surface area (Å²) in [5.74, 6) is -0.126. The van der Waals surface area contributed by atoms with Gasteiger partial charge in [-0.2, -0.15) is 0 Å². The van der Waals surface area contributed by atoms with Gasteiger partial charge in [-0.15, -0.1) is 0 Å². The summed E-state index contributed by atoms with van der Waals surface area (Å²) in [6.07, 6.45) is 1.63. The summed E-state index contributed by atoms with van der Waals surface area (Å²) in [4.78, 5) is 11.2. The Morgan fingerprint density at radius 2 is 1.55 bits per heavy atom. The molecule has 2 aromatic carbocycles. The molecule has 3 nitrogen and oxygen atoms in total. The van der Waals surface area contributed by atoms with Gasteiger partial charge in [-0.3, -0.25) is 0 Å². The smallest absolute Gasteiger partial charge is 0.336 e. The molecule has 3 aromatic rings. The number of carboxylic acid groups (broad SMARTS) is 1. The van der Waals surface area contributed by atoms with E-state index < -0.39 is 5.97 Å². The minimum absolute atomic E-state index is 0.304. The lowest BCUT2D eigenvalue weighted by atomic mass is 9.98. The van der Waals surface area contributed by atoms with E-state index in [0.717, 1.165) is 16.9 Å². The lowest BCUT2D eigenvalue weighted by molar-refractivity contribution is 0.0697. The molecular formula is C17H12O3. The molecule has 3 heteroatoms. The number of carboxylic acids is 1. The third kappa shape index (κ3) is 2.21. The first-order valence-electron chi connectivity index (χ1n) is 6.22. The highest BCUT2D eigenvalue weighted by Gasteiger charge is 2.10. The number of hydrogen-bond donors (Lipinski definition) is 1. The third-order valence-corrected chi connectivity index (χ3v) is 3.16. The zero-order chi connectivity index (χ0) is 13.9. The summed E-state index contributed by atoms with van der Waals surface area (Å²) in [7, 11) is 0. The average Bonchev–Trinajstić information content (AvgIpc) is 3.02. The van der Waals surface area contributed by atoms with Gasteiger partial charge in [0.15, 0.2) is 0 Å². The van der Waals surface area contributed by atoms with E-state index in [4.69, 9.17) is 4.42 Å². The lowest BCUT2D eigenvalue weighted by Gasteiger charge is -2.06. The second-order valence-electron chi connectivity index (χ2n) is 4.41. The molecule has 0 bridgehead atoms. The van der Waals surface area contributed by atoms with E-state index in [-0.39, 0.29) is 0 Å². The number of carbonyl (C=O) groups is 1. The van der Waals surface area contributed by atoms with Crippen LogP contribution in [0.1, 0.15) is 10.4 Å². The van der Waals surface area contributed by atoms with Crippen LogP contribution in [0.4, 0.5) is 0 Å². The average molecular weight is 264 g/mol. The highest BCUT2D eigenvalue weighted by Crippen LogP contribution is 2.27. The molecule has 0 radical (unpaired) electrons. The van der Waals surface area contributed by atoms with E-state index in [1.54, 1.807) is 18.4 Å². The minimum atomic E-state index is -0.921. The molecule has 0 aliphatic heterocycles. The maximum absolute atomic E-state index is 11.2. The molecule has 0 spiro atoms. The van der Waals surface area contributed by atoms with Gasteiger partial charge in [0, 0.05) is 5.56 Å². The van der Waals surface area contributed by atoms with Crippen LogP contribution < -0.4 is 0 Å². The fourth-order valence-corrected chi connectivity index (χ4v) is 2.18. The Morgan fingerprint density at radius 3 is 2.20 bits per heavy atom. The minimum Gasteiger partial charge on any atom is -0.478 e. The van der Waals surface area contributed by atoms with Crippen molar-refractivity contribution in [3.63, 3.8) is 0 Å². The van der Waals surface area contributed by atoms with Gasteiger partial charge in [0.25, 0.3) is 0 Å². The van der Waals surface area contributed by atoms with Gasteiger partial charge < -0.3 is 9.52 Å². The summed E-state index contributed by atoms with van der Waals surface area (Å²) in [5, 5.41) is 9.22. The van der Waals surface area contributed by atoms with Crippen molar-refractivity contribution in [3.05, 3.63) is 72.5 Å². The molecule has 0 unspecified atom stereocenters. The molecule has 0 fully saturated rings. The van der Waals surface area contributed by atoms with Crippen LogP contribution in [-0.4, -0.2) is 11.1 Å². The molecule has 0 aliphatic rings. The molecule has 98 valence electrons. The standard InChI is InChI=1S/C17H12O3/c18-17(19)15-5-2-1-4-14(15)12-7-9-13(10-8-12)16-6-3-11-20-16/h1-11H,(H,18,19). The van der Waals surface area contributed by atoms with Crippen LogP contribution in [-0.2, 0) is 0 Å². The summed E-state index contributed by atoms with van der Waals surface area (Å²) in [6.45, 7) is 0. The monoisotopic (exact) mass is 264 g/mol. The first-order valence-corrected chi connectivity index (χ1v) is 6.22. The topological polar surface area (TPSA) is 50.4 Å². The predicted octanol–water partition coefficient (Wildman–Crippen LogP) is 4.31. The van der Waals surface area contributed by atoms with Crippen molar-refractivity contribution in [1.82, 2.24) is 0 Å². The molecule has 0 saturated heterocycles.